The van der Waals surface area contributed by atoms with Crippen LogP contribution >= 0.6 is 24.0 Å². The van der Waals surface area contributed by atoms with Gasteiger partial charge in [-0.3, -0.25) is 4.90 Å². The van der Waals surface area contributed by atoms with Crippen molar-refractivity contribution in [1.29, 1.82) is 5.26 Å². The van der Waals surface area contributed by atoms with Crippen molar-refractivity contribution in [2.75, 3.05) is 33.3 Å². The van der Waals surface area contributed by atoms with Crippen molar-refractivity contribution in [3.63, 3.8) is 0 Å². The molecule has 2 aromatic rings. The number of methoxy groups -OCH3 is 1. The molecule has 1 aliphatic heterocycles. The van der Waals surface area contributed by atoms with Crippen molar-refractivity contribution in [2.45, 2.75) is 32.4 Å². The normalized spacial score (nSPS) is 14.9. The molecular formula is C24H32IN5O. The number of ether oxygens (including phenoxy) is 1. The number of para-hydroxylation sites is 1. The van der Waals surface area contributed by atoms with Crippen LogP contribution in [0.15, 0.2) is 53.5 Å². The van der Waals surface area contributed by atoms with E-state index in [1.165, 1.54) is 18.4 Å². The molecule has 6 nitrogen and oxygen atoms in total. The van der Waals surface area contributed by atoms with Gasteiger partial charge in [-0.15, -0.1) is 24.0 Å². The second-order valence-corrected chi connectivity index (χ2v) is 7.39. The lowest BCUT2D eigenvalue weighted by molar-refractivity contribution is 0.239. The fraction of sp³-hybridized carbons (Fsp3) is 0.417. The monoisotopic (exact) mass is 533 g/mol. The zero-order valence-corrected chi connectivity index (χ0v) is 20.6. The topological polar surface area (TPSA) is 72.7 Å². The first-order valence-electron chi connectivity index (χ1n) is 10.6. The van der Waals surface area contributed by atoms with Gasteiger partial charge in [0.15, 0.2) is 5.96 Å². The van der Waals surface area contributed by atoms with Gasteiger partial charge in [0.25, 0.3) is 0 Å². The Morgan fingerprint density at radius 3 is 2.48 bits per heavy atom. The Morgan fingerprint density at radius 2 is 1.84 bits per heavy atom. The molecule has 1 unspecified atom stereocenters. The molecular weight excluding hydrogens is 501 g/mol. The van der Waals surface area contributed by atoms with Gasteiger partial charge in [-0.25, -0.2) is 4.99 Å². The van der Waals surface area contributed by atoms with Crippen LogP contribution in [0.2, 0.25) is 0 Å². The van der Waals surface area contributed by atoms with Crippen LogP contribution in [0.5, 0.6) is 5.75 Å². The third-order valence-electron chi connectivity index (χ3n) is 5.39. The predicted octanol–water partition coefficient (Wildman–Crippen LogP) is 4.08. The summed E-state index contributed by atoms with van der Waals surface area (Å²) in [5, 5.41) is 15.8. The molecule has 0 radical (unpaired) electrons. The number of nitrogens with zero attached hydrogens (tertiary/aromatic N) is 3. The minimum Gasteiger partial charge on any atom is -0.496 e. The number of rotatable bonds is 8. The summed E-state index contributed by atoms with van der Waals surface area (Å²) in [7, 11) is 1.73. The maximum absolute atomic E-state index is 8.95. The van der Waals surface area contributed by atoms with Crippen LogP contribution in [-0.2, 0) is 6.54 Å². The summed E-state index contributed by atoms with van der Waals surface area (Å²) < 4.78 is 5.64. The summed E-state index contributed by atoms with van der Waals surface area (Å²) >= 11 is 0. The fourth-order valence-corrected chi connectivity index (χ4v) is 3.82. The number of guanidine groups is 1. The standard InChI is InChI=1S/C24H31N5O.HI/c1-3-26-24(27-17-20-12-10-19(16-25)11-13-20)28-18-22(29-14-6-7-15-29)21-8-4-5-9-23(21)30-2;/h4-5,8-13,22H,3,6-7,14-15,17-18H2,1-2H3,(H2,26,27,28);1H. The summed E-state index contributed by atoms with van der Waals surface area (Å²) in [6.45, 7) is 6.37. The predicted molar refractivity (Wildman–Crippen MR) is 136 cm³/mol. The van der Waals surface area contributed by atoms with Crippen LogP contribution < -0.4 is 15.4 Å². The number of nitrogens with one attached hydrogen (secondary N) is 2. The van der Waals surface area contributed by atoms with Crippen molar-refractivity contribution in [3.8, 4) is 11.8 Å². The van der Waals surface area contributed by atoms with E-state index in [-0.39, 0.29) is 30.0 Å². The molecule has 0 aliphatic carbocycles. The number of aliphatic imine (C=N–C) groups is 1. The summed E-state index contributed by atoms with van der Waals surface area (Å²) in [6.07, 6.45) is 2.47. The number of hydrogen-bond acceptors (Lipinski definition) is 4. The van der Waals surface area contributed by atoms with Crippen LogP contribution in [0.25, 0.3) is 0 Å². The molecule has 0 saturated carbocycles. The highest BCUT2D eigenvalue weighted by Crippen LogP contribution is 2.31. The molecule has 0 amide bonds. The molecule has 7 heteroatoms. The average Bonchev–Trinajstić information content (AvgIpc) is 3.33. The van der Waals surface area contributed by atoms with E-state index in [4.69, 9.17) is 15.0 Å². The van der Waals surface area contributed by atoms with Gasteiger partial charge in [0, 0.05) is 18.7 Å². The van der Waals surface area contributed by atoms with E-state index >= 15 is 0 Å². The van der Waals surface area contributed by atoms with Crippen molar-refractivity contribution in [1.82, 2.24) is 15.5 Å². The van der Waals surface area contributed by atoms with Crippen LogP contribution in [-0.4, -0.2) is 44.1 Å². The van der Waals surface area contributed by atoms with Gasteiger partial charge >= 0.3 is 0 Å². The zero-order valence-electron chi connectivity index (χ0n) is 18.3. The maximum Gasteiger partial charge on any atom is 0.191 e. The Labute approximate surface area is 202 Å². The van der Waals surface area contributed by atoms with E-state index in [9.17, 15) is 0 Å². The van der Waals surface area contributed by atoms with Crippen LogP contribution in [0.3, 0.4) is 0 Å². The van der Waals surface area contributed by atoms with Gasteiger partial charge in [-0.1, -0.05) is 30.3 Å². The van der Waals surface area contributed by atoms with E-state index in [1.54, 1.807) is 7.11 Å². The Bertz CT molecular complexity index is 872. The molecule has 1 aliphatic rings. The summed E-state index contributed by atoms with van der Waals surface area (Å²) in [5.74, 6) is 1.72. The Hall–Kier alpha value is -2.31. The minimum absolute atomic E-state index is 0. The van der Waals surface area contributed by atoms with Crippen LogP contribution in [0.4, 0.5) is 0 Å². The van der Waals surface area contributed by atoms with Crippen molar-refractivity contribution >= 4 is 29.9 Å². The number of halogens is 1. The van der Waals surface area contributed by atoms with E-state index in [0.717, 1.165) is 43.5 Å². The van der Waals surface area contributed by atoms with Crippen molar-refractivity contribution < 1.29 is 4.74 Å². The number of hydrogen-bond donors (Lipinski definition) is 2. The second-order valence-electron chi connectivity index (χ2n) is 7.39. The van der Waals surface area contributed by atoms with Gasteiger partial charge in [0.2, 0.25) is 0 Å². The lowest BCUT2D eigenvalue weighted by atomic mass is 10.0. The van der Waals surface area contributed by atoms with E-state index in [2.05, 4.69) is 40.7 Å². The molecule has 1 atom stereocenters. The molecule has 2 N–H and O–H groups in total. The highest BCUT2D eigenvalue weighted by molar-refractivity contribution is 14.0. The Balaban J connectivity index is 0.00000341. The third-order valence-corrected chi connectivity index (χ3v) is 5.39. The quantitative estimate of drug-likeness (QED) is 0.304. The molecule has 0 spiro atoms. The SMILES string of the molecule is CCNC(=NCc1ccc(C#N)cc1)NCC(c1ccccc1OC)N1CCCC1.I. The molecule has 1 saturated heterocycles. The molecule has 3 rings (SSSR count). The van der Waals surface area contributed by atoms with Gasteiger partial charge in [-0.2, -0.15) is 5.26 Å². The fourth-order valence-electron chi connectivity index (χ4n) is 3.82. The third kappa shape index (κ3) is 7.11. The summed E-state index contributed by atoms with van der Waals surface area (Å²) in [6, 6.07) is 18.2. The van der Waals surface area contributed by atoms with Gasteiger partial charge in [0.05, 0.1) is 31.3 Å². The molecule has 0 aromatic heterocycles. The Morgan fingerprint density at radius 1 is 1.13 bits per heavy atom. The summed E-state index contributed by atoms with van der Waals surface area (Å²) in [4.78, 5) is 7.26. The first kappa shape index (κ1) is 25.0. The average molecular weight is 533 g/mol. The molecule has 31 heavy (non-hydrogen) atoms. The first-order valence-corrected chi connectivity index (χ1v) is 10.6. The minimum atomic E-state index is 0. The van der Waals surface area contributed by atoms with Gasteiger partial charge < -0.3 is 15.4 Å². The molecule has 166 valence electrons. The van der Waals surface area contributed by atoms with Crippen LogP contribution in [0.1, 0.15) is 42.5 Å². The molecule has 0 bridgehead atoms. The molecule has 1 fully saturated rings. The second kappa shape index (κ2) is 13.2. The van der Waals surface area contributed by atoms with Crippen LogP contribution in [0, 0.1) is 11.3 Å². The molecule has 2 aromatic carbocycles. The van der Waals surface area contributed by atoms with E-state index in [0.29, 0.717) is 12.1 Å². The van der Waals surface area contributed by atoms with Crippen molar-refractivity contribution in [2.24, 2.45) is 4.99 Å². The highest BCUT2D eigenvalue weighted by atomic mass is 127. The van der Waals surface area contributed by atoms with Gasteiger partial charge in [-0.05, 0) is 56.6 Å². The number of nitriles is 1. The smallest absolute Gasteiger partial charge is 0.191 e. The summed E-state index contributed by atoms with van der Waals surface area (Å²) in [5.41, 5.74) is 2.95. The zero-order chi connectivity index (χ0) is 21.2. The molecule has 1 heterocycles. The lowest BCUT2D eigenvalue weighted by Gasteiger charge is -2.30. The van der Waals surface area contributed by atoms with Crippen molar-refractivity contribution in [3.05, 3.63) is 65.2 Å². The van der Waals surface area contributed by atoms with Gasteiger partial charge in [0.1, 0.15) is 5.75 Å². The Kier molecular flexibility index (Phi) is 10.6. The lowest BCUT2D eigenvalue weighted by Crippen LogP contribution is -2.42. The maximum atomic E-state index is 8.95. The van der Waals surface area contributed by atoms with E-state index < -0.39 is 0 Å². The number of likely N-dealkylation sites (tertiary alicyclic amines) is 1. The number of benzene rings is 2. The first-order chi connectivity index (χ1) is 14.7. The van der Waals surface area contributed by atoms with E-state index in [1.807, 2.05) is 36.4 Å². The largest absolute Gasteiger partial charge is 0.496 e. The highest BCUT2D eigenvalue weighted by Gasteiger charge is 2.26.